The van der Waals surface area contributed by atoms with Crippen LogP contribution in [0.1, 0.15) is 28.8 Å². The highest BCUT2D eigenvalue weighted by Crippen LogP contribution is 2.17. The third-order valence-electron chi connectivity index (χ3n) is 3.99. The zero-order valence-electron chi connectivity index (χ0n) is 13.2. The van der Waals surface area contributed by atoms with E-state index < -0.39 is 6.04 Å². The Labute approximate surface area is 142 Å². The Bertz CT molecular complexity index is 516. The number of ether oxygens (including phenoxy) is 1. The SMILES string of the molecule is CNC(=O)c1ccc(CNC(=O)C(N)C2CCOCC2)cc1.Cl. The van der Waals surface area contributed by atoms with Gasteiger partial charge in [0.15, 0.2) is 0 Å². The molecule has 1 saturated heterocycles. The molecule has 0 radical (unpaired) electrons. The fraction of sp³-hybridized carbons (Fsp3) is 0.500. The van der Waals surface area contributed by atoms with Crippen LogP contribution in [0.2, 0.25) is 0 Å². The van der Waals surface area contributed by atoms with E-state index in [1.807, 2.05) is 12.1 Å². The second-order valence-electron chi connectivity index (χ2n) is 5.47. The summed E-state index contributed by atoms with van der Waals surface area (Å²) >= 11 is 0. The Morgan fingerprint density at radius 2 is 1.87 bits per heavy atom. The Morgan fingerprint density at radius 1 is 1.26 bits per heavy atom. The number of benzene rings is 1. The van der Waals surface area contributed by atoms with Crippen LogP contribution in [0.5, 0.6) is 0 Å². The van der Waals surface area contributed by atoms with Gasteiger partial charge in [-0.15, -0.1) is 12.4 Å². The van der Waals surface area contributed by atoms with Gasteiger partial charge in [-0.3, -0.25) is 9.59 Å². The summed E-state index contributed by atoms with van der Waals surface area (Å²) in [7, 11) is 1.59. The summed E-state index contributed by atoms with van der Waals surface area (Å²) in [6, 6.07) is 6.63. The number of carbonyl (C=O) groups excluding carboxylic acids is 2. The minimum absolute atomic E-state index is 0. The van der Waals surface area contributed by atoms with Gasteiger partial charge in [0, 0.05) is 32.4 Å². The number of hydrogen-bond acceptors (Lipinski definition) is 4. The van der Waals surface area contributed by atoms with Crippen LogP contribution in [0.25, 0.3) is 0 Å². The standard InChI is InChI=1S/C16H23N3O3.ClH/c1-18-15(20)13-4-2-11(3-5-13)10-19-16(21)14(17)12-6-8-22-9-7-12;/h2-5,12,14H,6-10,17H2,1H3,(H,18,20)(H,19,21);1H. The van der Waals surface area contributed by atoms with Crippen molar-refractivity contribution in [3.63, 3.8) is 0 Å². The maximum atomic E-state index is 12.1. The lowest BCUT2D eigenvalue weighted by Gasteiger charge is -2.26. The third kappa shape index (κ3) is 5.49. The molecule has 1 heterocycles. The van der Waals surface area contributed by atoms with Gasteiger partial charge in [-0.05, 0) is 36.5 Å². The average Bonchev–Trinajstić information content (AvgIpc) is 2.59. The molecule has 1 aromatic carbocycles. The molecule has 1 aliphatic rings. The molecule has 6 nitrogen and oxygen atoms in total. The highest BCUT2D eigenvalue weighted by Gasteiger charge is 2.26. The summed E-state index contributed by atoms with van der Waals surface area (Å²) in [5, 5.41) is 5.42. The van der Waals surface area contributed by atoms with Crippen LogP contribution >= 0.6 is 12.4 Å². The molecule has 2 rings (SSSR count). The maximum Gasteiger partial charge on any atom is 0.251 e. The quantitative estimate of drug-likeness (QED) is 0.739. The van der Waals surface area contributed by atoms with Crippen LogP contribution < -0.4 is 16.4 Å². The van der Waals surface area contributed by atoms with Gasteiger partial charge in [-0.1, -0.05) is 12.1 Å². The molecule has 4 N–H and O–H groups in total. The van der Waals surface area contributed by atoms with Gasteiger partial charge in [0.05, 0.1) is 6.04 Å². The molecule has 0 bridgehead atoms. The molecule has 7 heteroatoms. The molecule has 1 fully saturated rings. The predicted molar refractivity (Wildman–Crippen MR) is 90.4 cm³/mol. The minimum atomic E-state index is -0.492. The maximum absolute atomic E-state index is 12.1. The monoisotopic (exact) mass is 341 g/mol. The smallest absolute Gasteiger partial charge is 0.251 e. The number of nitrogens with one attached hydrogen (secondary N) is 2. The van der Waals surface area contributed by atoms with E-state index in [1.54, 1.807) is 19.2 Å². The first-order chi connectivity index (χ1) is 10.6. The van der Waals surface area contributed by atoms with Crippen molar-refractivity contribution < 1.29 is 14.3 Å². The number of amides is 2. The molecule has 1 aromatic rings. The van der Waals surface area contributed by atoms with Gasteiger partial charge >= 0.3 is 0 Å². The molecule has 2 amide bonds. The van der Waals surface area contributed by atoms with Crippen LogP contribution in [0.15, 0.2) is 24.3 Å². The van der Waals surface area contributed by atoms with Gasteiger partial charge in [0.1, 0.15) is 0 Å². The molecule has 0 aliphatic carbocycles. The number of carbonyl (C=O) groups is 2. The summed E-state index contributed by atoms with van der Waals surface area (Å²) < 4.78 is 5.28. The van der Waals surface area contributed by atoms with E-state index in [9.17, 15) is 9.59 Å². The second-order valence-corrected chi connectivity index (χ2v) is 5.47. The van der Waals surface area contributed by atoms with Crippen molar-refractivity contribution in [2.45, 2.75) is 25.4 Å². The molecule has 1 aliphatic heterocycles. The Hall–Kier alpha value is -1.63. The number of nitrogens with two attached hydrogens (primary N) is 1. The summed E-state index contributed by atoms with van der Waals surface area (Å²) in [5.41, 5.74) is 7.54. The first-order valence-electron chi connectivity index (χ1n) is 7.54. The van der Waals surface area contributed by atoms with E-state index in [4.69, 9.17) is 10.5 Å². The van der Waals surface area contributed by atoms with Crippen LogP contribution in [-0.4, -0.2) is 38.1 Å². The molecular weight excluding hydrogens is 318 g/mol. The van der Waals surface area contributed by atoms with Crippen LogP contribution in [0.3, 0.4) is 0 Å². The Balaban J connectivity index is 0.00000264. The second kappa shape index (κ2) is 9.50. The lowest BCUT2D eigenvalue weighted by atomic mass is 9.92. The molecule has 0 saturated carbocycles. The molecule has 1 unspecified atom stereocenters. The zero-order valence-corrected chi connectivity index (χ0v) is 14.0. The molecule has 0 aromatic heterocycles. The Morgan fingerprint density at radius 3 is 2.43 bits per heavy atom. The van der Waals surface area contributed by atoms with Crippen molar-refractivity contribution in [1.29, 1.82) is 0 Å². The number of hydrogen-bond donors (Lipinski definition) is 3. The first-order valence-corrected chi connectivity index (χ1v) is 7.54. The van der Waals surface area contributed by atoms with Gasteiger partial charge in [-0.25, -0.2) is 0 Å². The largest absolute Gasteiger partial charge is 0.381 e. The summed E-state index contributed by atoms with van der Waals surface area (Å²) in [6.07, 6.45) is 1.66. The minimum Gasteiger partial charge on any atom is -0.381 e. The van der Waals surface area contributed by atoms with E-state index in [1.165, 1.54) is 0 Å². The van der Waals surface area contributed by atoms with E-state index in [2.05, 4.69) is 10.6 Å². The zero-order chi connectivity index (χ0) is 15.9. The van der Waals surface area contributed by atoms with Crippen molar-refractivity contribution in [3.8, 4) is 0 Å². The topological polar surface area (TPSA) is 93.5 Å². The fourth-order valence-corrected chi connectivity index (χ4v) is 2.51. The summed E-state index contributed by atoms with van der Waals surface area (Å²) in [4.78, 5) is 23.5. The molecule has 0 spiro atoms. The van der Waals surface area contributed by atoms with E-state index in [-0.39, 0.29) is 30.1 Å². The van der Waals surface area contributed by atoms with Gasteiger partial charge in [-0.2, -0.15) is 0 Å². The first kappa shape index (κ1) is 19.4. The molecule has 1 atom stereocenters. The van der Waals surface area contributed by atoms with Crippen molar-refractivity contribution in [1.82, 2.24) is 10.6 Å². The lowest BCUT2D eigenvalue weighted by molar-refractivity contribution is -0.124. The molecule has 23 heavy (non-hydrogen) atoms. The van der Waals surface area contributed by atoms with Crippen LogP contribution in [-0.2, 0) is 16.1 Å². The summed E-state index contributed by atoms with van der Waals surface area (Å²) in [5.74, 6) is -0.0798. The number of rotatable bonds is 5. The van der Waals surface area contributed by atoms with Gasteiger partial charge in [0.2, 0.25) is 5.91 Å². The van der Waals surface area contributed by atoms with E-state index in [0.29, 0.717) is 25.3 Å². The van der Waals surface area contributed by atoms with Crippen molar-refractivity contribution in [2.75, 3.05) is 20.3 Å². The molecular formula is C16H24ClN3O3. The molecule has 128 valence electrons. The highest BCUT2D eigenvalue weighted by atomic mass is 35.5. The lowest BCUT2D eigenvalue weighted by Crippen LogP contribution is -2.46. The predicted octanol–water partition coefficient (Wildman–Crippen LogP) is 0.838. The fourth-order valence-electron chi connectivity index (χ4n) is 2.51. The van der Waals surface area contributed by atoms with Crippen molar-refractivity contribution in [3.05, 3.63) is 35.4 Å². The van der Waals surface area contributed by atoms with Gasteiger partial charge in [0.25, 0.3) is 5.91 Å². The average molecular weight is 342 g/mol. The van der Waals surface area contributed by atoms with Crippen LogP contribution in [0.4, 0.5) is 0 Å². The third-order valence-corrected chi connectivity index (χ3v) is 3.99. The number of halogens is 1. The summed E-state index contributed by atoms with van der Waals surface area (Å²) in [6.45, 7) is 1.75. The van der Waals surface area contributed by atoms with Crippen LogP contribution in [0, 0.1) is 5.92 Å². The van der Waals surface area contributed by atoms with Crippen molar-refractivity contribution >= 4 is 24.2 Å². The van der Waals surface area contributed by atoms with E-state index in [0.717, 1.165) is 18.4 Å². The van der Waals surface area contributed by atoms with Gasteiger partial charge < -0.3 is 21.1 Å². The van der Waals surface area contributed by atoms with E-state index >= 15 is 0 Å². The Kier molecular flexibility index (Phi) is 8.02. The highest BCUT2D eigenvalue weighted by molar-refractivity contribution is 5.93. The normalized spacial score (nSPS) is 16.1. The van der Waals surface area contributed by atoms with Crippen molar-refractivity contribution in [2.24, 2.45) is 11.7 Å².